The van der Waals surface area contributed by atoms with Gasteiger partial charge in [0.15, 0.2) is 0 Å². The number of amides is 1. The average Bonchev–Trinajstić information content (AvgIpc) is 3.46. The largest absolute Gasteiger partial charge is 0.346 e. The van der Waals surface area contributed by atoms with Gasteiger partial charge in [-0.15, -0.1) is 0 Å². The van der Waals surface area contributed by atoms with E-state index < -0.39 is 0 Å². The Hall–Kier alpha value is -2.35. The molecule has 30 heavy (non-hydrogen) atoms. The fraction of sp³-hybridized carbons (Fsp3) is 0.545. The Morgan fingerprint density at radius 3 is 2.83 bits per heavy atom. The van der Waals surface area contributed by atoms with E-state index in [1.165, 1.54) is 19.3 Å². The van der Waals surface area contributed by atoms with E-state index >= 15 is 0 Å². The lowest BCUT2D eigenvalue weighted by molar-refractivity contribution is 0.0915. The first kappa shape index (κ1) is 19.6. The number of thioether (sulfide) groups is 1. The third-order valence-corrected chi connectivity index (χ3v) is 7.76. The normalized spacial score (nSPS) is 22.6. The zero-order valence-corrected chi connectivity index (χ0v) is 18.4. The molecular formula is C22H28N6OS. The first-order chi connectivity index (χ1) is 14.5. The molecule has 0 aromatic carbocycles. The number of fused-ring (bicyclic) bond motifs is 1. The number of carbonyl (C=O) groups excluding carboxylic acids is 1. The van der Waals surface area contributed by atoms with Gasteiger partial charge in [-0.3, -0.25) is 19.1 Å². The maximum atomic E-state index is 13.0. The average molecular weight is 425 g/mol. The number of nitrogens with one attached hydrogen (secondary N) is 1. The van der Waals surface area contributed by atoms with Crippen LogP contribution in [0.3, 0.4) is 0 Å². The van der Waals surface area contributed by atoms with Crippen molar-refractivity contribution in [1.29, 1.82) is 0 Å². The lowest BCUT2D eigenvalue weighted by atomic mass is 9.95. The lowest BCUT2D eigenvalue weighted by Gasteiger charge is -2.24. The van der Waals surface area contributed by atoms with E-state index in [0.717, 1.165) is 53.2 Å². The van der Waals surface area contributed by atoms with Crippen molar-refractivity contribution < 1.29 is 4.79 Å². The number of pyridine rings is 1. The van der Waals surface area contributed by atoms with Gasteiger partial charge in [0.2, 0.25) is 0 Å². The Morgan fingerprint density at radius 2 is 2.13 bits per heavy atom. The molecule has 4 heterocycles. The van der Waals surface area contributed by atoms with Crippen molar-refractivity contribution in [2.75, 3.05) is 11.5 Å². The molecule has 1 amide bonds. The van der Waals surface area contributed by atoms with Crippen LogP contribution in [0.15, 0.2) is 24.5 Å². The van der Waals surface area contributed by atoms with E-state index in [-0.39, 0.29) is 11.4 Å². The molecule has 8 heteroatoms. The van der Waals surface area contributed by atoms with Crippen LogP contribution in [0, 0.1) is 0 Å². The molecule has 1 saturated heterocycles. The molecule has 3 aromatic rings. The molecule has 3 aromatic heterocycles. The monoisotopic (exact) mass is 424 g/mol. The number of aromatic nitrogens is 5. The Kier molecular flexibility index (Phi) is 5.05. The van der Waals surface area contributed by atoms with Crippen molar-refractivity contribution >= 4 is 28.7 Å². The fourth-order valence-corrected chi connectivity index (χ4v) is 6.04. The summed E-state index contributed by atoms with van der Waals surface area (Å²) < 4.78 is 3.95. The summed E-state index contributed by atoms with van der Waals surface area (Å²) in [7, 11) is 1.92. The Bertz CT molecular complexity index is 1070. The van der Waals surface area contributed by atoms with Gasteiger partial charge in [0.25, 0.3) is 5.91 Å². The van der Waals surface area contributed by atoms with Gasteiger partial charge in [0.05, 0.1) is 22.8 Å². The molecule has 1 aliphatic carbocycles. The van der Waals surface area contributed by atoms with Crippen LogP contribution in [0.5, 0.6) is 0 Å². The SMILES string of the molecule is Cn1nccc1-c1nn(C2CCCCC2)c2cc(C(=O)NC3(C)CCSC3)cnc12. The zero-order chi connectivity index (χ0) is 20.7. The molecule has 0 radical (unpaired) electrons. The number of hydrogen-bond donors (Lipinski definition) is 1. The van der Waals surface area contributed by atoms with Gasteiger partial charge in [-0.1, -0.05) is 19.3 Å². The molecule has 5 rings (SSSR count). The van der Waals surface area contributed by atoms with Crippen LogP contribution in [-0.4, -0.2) is 47.5 Å². The quantitative estimate of drug-likeness (QED) is 0.686. The summed E-state index contributed by atoms with van der Waals surface area (Å²) in [6.07, 6.45) is 10.4. The summed E-state index contributed by atoms with van der Waals surface area (Å²) in [5.74, 6) is 2.00. The summed E-state index contributed by atoms with van der Waals surface area (Å²) in [5, 5.41) is 12.5. The van der Waals surface area contributed by atoms with Crippen LogP contribution >= 0.6 is 11.8 Å². The van der Waals surface area contributed by atoms with Crippen molar-refractivity contribution in [2.24, 2.45) is 7.05 Å². The Balaban J connectivity index is 1.57. The fourth-order valence-electron chi connectivity index (χ4n) is 4.64. The smallest absolute Gasteiger partial charge is 0.253 e. The second-order valence-corrected chi connectivity index (χ2v) is 9.94. The number of rotatable bonds is 4. The maximum absolute atomic E-state index is 13.0. The summed E-state index contributed by atoms with van der Waals surface area (Å²) >= 11 is 1.89. The molecule has 1 N–H and O–H groups in total. The van der Waals surface area contributed by atoms with Crippen LogP contribution in [0.1, 0.15) is 61.8 Å². The van der Waals surface area contributed by atoms with Crippen molar-refractivity contribution in [1.82, 2.24) is 29.9 Å². The molecular weight excluding hydrogens is 396 g/mol. The van der Waals surface area contributed by atoms with Crippen LogP contribution in [-0.2, 0) is 7.05 Å². The topological polar surface area (TPSA) is 77.6 Å². The van der Waals surface area contributed by atoms with Crippen LogP contribution < -0.4 is 5.32 Å². The van der Waals surface area contributed by atoms with Crippen LogP contribution in [0.2, 0.25) is 0 Å². The second kappa shape index (κ2) is 7.72. The van der Waals surface area contributed by atoms with E-state index in [0.29, 0.717) is 11.6 Å². The van der Waals surface area contributed by atoms with Gasteiger partial charge in [-0.05, 0) is 44.1 Å². The second-order valence-electron chi connectivity index (χ2n) is 8.83. The third kappa shape index (κ3) is 3.51. The summed E-state index contributed by atoms with van der Waals surface area (Å²) in [6.45, 7) is 2.13. The standard InChI is InChI=1S/C22H28N6OS/c1-22(9-11-30-14-22)25-21(29)15-12-18-19(23-13-15)20(17-8-10-24-27(17)2)26-28(18)16-6-4-3-5-7-16/h8,10,12-13,16H,3-7,9,11,14H2,1-2H3,(H,25,29). The molecule has 1 atom stereocenters. The summed E-state index contributed by atoms with van der Waals surface area (Å²) in [4.78, 5) is 17.7. The van der Waals surface area contributed by atoms with E-state index in [4.69, 9.17) is 10.1 Å². The molecule has 1 unspecified atom stereocenters. The highest BCUT2D eigenvalue weighted by Gasteiger charge is 2.31. The summed E-state index contributed by atoms with van der Waals surface area (Å²) in [6, 6.07) is 4.30. The third-order valence-electron chi connectivity index (χ3n) is 6.43. The first-order valence-corrected chi connectivity index (χ1v) is 12.0. The number of nitrogens with zero attached hydrogens (tertiary/aromatic N) is 5. The van der Waals surface area contributed by atoms with Crippen molar-refractivity contribution in [3.8, 4) is 11.4 Å². The maximum Gasteiger partial charge on any atom is 0.253 e. The van der Waals surface area contributed by atoms with E-state index in [1.807, 2.05) is 35.6 Å². The van der Waals surface area contributed by atoms with Crippen molar-refractivity contribution in [3.05, 3.63) is 30.1 Å². The van der Waals surface area contributed by atoms with Gasteiger partial charge in [-0.2, -0.15) is 22.0 Å². The predicted molar refractivity (Wildman–Crippen MR) is 120 cm³/mol. The van der Waals surface area contributed by atoms with E-state index in [9.17, 15) is 4.79 Å². The van der Waals surface area contributed by atoms with Gasteiger partial charge in [0.1, 0.15) is 11.2 Å². The highest BCUT2D eigenvalue weighted by molar-refractivity contribution is 7.99. The minimum Gasteiger partial charge on any atom is -0.346 e. The van der Waals surface area contributed by atoms with Crippen LogP contribution in [0.25, 0.3) is 22.4 Å². The Labute approximate surface area is 180 Å². The molecule has 1 saturated carbocycles. The highest BCUT2D eigenvalue weighted by Crippen LogP contribution is 2.34. The Morgan fingerprint density at radius 1 is 1.30 bits per heavy atom. The van der Waals surface area contributed by atoms with E-state index in [2.05, 4.69) is 22.0 Å². The molecule has 2 fully saturated rings. The number of aryl methyl sites for hydroxylation is 1. The molecule has 0 bridgehead atoms. The predicted octanol–water partition coefficient (Wildman–Crippen LogP) is 3.96. The minimum absolute atomic E-state index is 0.0483. The van der Waals surface area contributed by atoms with Gasteiger partial charge < -0.3 is 5.32 Å². The van der Waals surface area contributed by atoms with Gasteiger partial charge in [-0.25, -0.2) is 0 Å². The summed E-state index contributed by atoms with van der Waals surface area (Å²) in [5.41, 5.74) is 4.02. The first-order valence-electron chi connectivity index (χ1n) is 10.8. The number of carbonyl (C=O) groups is 1. The molecule has 2 aliphatic rings. The zero-order valence-electron chi connectivity index (χ0n) is 17.6. The molecule has 0 spiro atoms. The van der Waals surface area contributed by atoms with Crippen molar-refractivity contribution in [3.63, 3.8) is 0 Å². The van der Waals surface area contributed by atoms with Crippen LogP contribution in [0.4, 0.5) is 0 Å². The van der Waals surface area contributed by atoms with Crippen molar-refractivity contribution in [2.45, 2.75) is 57.0 Å². The van der Waals surface area contributed by atoms with Gasteiger partial charge in [0, 0.05) is 30.7 Å². The van der Waals surface area contributed by atoms with Gasteiger partial charge >= 0.3 is 0 Å². The number of hydrogen-bond acceptors (Lipinski definition) is 5. The highest BCUT2D eigenvalue weighted by atomic mass is 32.2. The lowest BCUT2D eigenvalue weighted by Crippen LogP contribution is -2.46. The van der Waals surface area contributed by atoms with E-state index in [1.54, 1.807) is 12.4 Å². The molecule has 1 aliphatic heterocycles. The minimum atomic E-state index is -0.139. The molecule has 158 valence electrons. The molecule has 7 nitrogen and oxygen atoms in total.